The summed E-state index contributed by atoms with van der Waals surface area (Å²) in [5.74, 6) is -0.883. The molecular formula is C27H38BrN3O6S. The first-order chi connectivity index (χ1) is 18.3. The van der Waals surface area contributed by atoms with Crippen molar-refractivity contribution in [1.82, 2.24) is 10.6 Å². The van der Waals surface area contributed by atoms with E-state index in [1.54, 1.807) is 0 Å². The molecule has 2 aliphatic rings. The number of hydrogen-bond acceptors (Lipinski definition) is 8. The van der Waals surface area contributed by atoms with Gasteiger partial charge in [-0.05, 0) is 75.5 Å². The summed E-state index contributed by atoms with van der Waals surface area (Å²) in [6, 6.07) is 6.10. The lowest BCUT2D eigenvalue weighted by molar-refractivity contribution is -0.150. The summed E-state index contributed by atoms with van der Waals surface area (Å²) in [6.45, 7) is -0.253. The summed E-state index contributed by atoms with van der Waals surface area (Å²) in [5.41, 5.74) is 7.02. The molecular weight excluding hydrogens is 574 g/mol. The molecule has 4 N–H and O–H groups in total. The predicted molar refractivity (Wildman–Crippen MR) is 149 cm³/mol. The van der Waals surface area contributed by atoms with E-state index in [-0.39, 0.29) is 31.6 Å². The molecule has 11 heteroatoms. The van der Waals surface area contributed by atoms with E-state index in [0.717, 1.165) is 61.4 Å². The summed E-state index contributed by atoms with van der Waals surface area (Å²) >= 11 is 4.90. The molecule has 2 aliphatic carbocycles. The largest absolute Gasteiger partial charge is 0.461 e. The van der Waals surface area contributed by atoms with E-state index in [9.17, 15) is 19.2 Å². The van der Waals surface area contributed by atoms with Crippen LogP contribution in [0.25, 0.3) is 0 Å². The average molecular weight is 613 g/mol. The molecule has 2 fully saturated rings. The molecule has 0 aromatic heterocycles. The van der Waals surface area contributed by atoms with Gasteiger partial charge in [-0.3, -0.25) is 19.2 Å². The molecule has 0 bridgehead atoms. The maximum absolute atomic E-state index is 12.9. The summed E-state index contributed by atoms with van der Waals surface area (Å²) in [4.78, 5) is 49.9. The summed E-state index contributed by atoms with van der Waals surface area (Å²) in [5, 5.41) is 5.33. The van der Waals surface area contributed by atoms with Gasteiger partial charge in [0.2, 0.25) is 11.8 Å². The van der Waals surface area contributed by atoms with Crippen LogP contribution in [0.2, 0.25) is 0 Å². The summed E-state index contributed by atoms with van der Waals surface area (Å²) < 4.78 is 11.8. The third-order valence-electron chi connectivity index (χ3n) is 6.70. The van der Waals surface area contributed by atoms with Gasteiger partial charge in [0.05, 0.1) is 0 Å². The van der Waals surface area contributed by atoms with Crippen molar-refractivity contribution in [1.29, 1.82) is 0 Å². The number of thioether (sulfide) groups is 1. The van der Waals surface area contributed by atoms with Crippen molar-refractivity contribution in [2.45, 2.75) is 94.3 Å². The lowest BCUT2D eigenvalue weighted by atomic mass is 10.1. The van der Waals surface area contributed by atoms with Crippen LogP contribution in [0.15, 0.2) is 28.7 Å². The van der Waals surface area contributed by atoms with Gasteiger partial charge in [-0.15, -0.1) is 0 Å². The topological polar surface area (TPSA) is 137 Å². The molecule has 0 spiro atoms. The molecule has 0 aliphatic heterocycles. The standard InChI is InChI=1S/C27H38BrN3O6S/c28-19-11-9-18(10-12-19)16-38-17-23(26(34)30-15-25(33)36-20-5-1-2-6-20)31-24(32)14-13-22(29)27(35)37-21-7-3-4-8-21/h9-12,20-23H,1-8,13-17,29H2,(H,30,34)(H,31,32)/t22-,23-/m0/s1. The Labute approximate surface area is 236 Å². The molecule has 3 rings (SSSR count). The first-order valence-electron chi connectivity index (χ1n) is 13.3. The number of esters is 2. The van der Waals surface area contributed by atoms with Gasteiger partial charge >= 0.3 is 11.9 Å². The lowest BCUT2D eigenvalue weighted by Gasteiger charge is -2.19. The predicted octanol–water partition coefficient (Wildman–Crippen LogP) is 3.36. The van der Waals surface area contributed by atoms with Crippen molar-refractivity contribution >= 4 is 51.4 Å². The van der Waals surface area contributed by atoms with Gasteiger partial charge < -0.3 is 25.8 Å². The monoisotopic (exact) mass is 611 g/mol. The normalized spacial score (nSPS) is 17.5. The molecule has 2 saturated carbocycles. The fourth-order valence-electron chi connectivity index (χ4n) is 4.50. The van der Waals surface area contributed by atoms with Crippen LogP contribution in [0.3, 0.4) is 0 Å². The van der Waals surface area contributed by atoms with Gasteiger partial charge in [0.25, 0.3) is 0 Å². The van der Waals surface area contributed by atoms with E-state index < -0.39 is 35.8 Å². The second-order valence-corrected chi connectivity index (χ2v) is 11.8. The van der Waals surface area contributed by atoms with Crippen molar-refractivity contribution in [2.75, 3.05) is 12.3 Å². The number of nitrogens with two attached hydrogens (primary N) is 1. The van der Waals surface area contributed by atoms with Crippen LogP contribution in [-0.4, -0.2) is 60.3 Å². The highest BCUT2D eigenvalue weighted by Gasteiger charge is 2.26. The molecule has 2 amide bonds. The second-order valence-electron chi connectivity index (χ2n) is 9.86. The van der Waals surface area contributed by atoms with Crippen LogP contribution in [0.5, 0.6) is 0 Å². The van der Waals surface area contributed by atoms with E-state index in [1.807, 2.05) is 24.3 Å². The van der Waals surface area contributed by atoms with Gasteiger partial charge in [0.15, 0.2) is 0 Å². The van der Waals surface area contributed by atoms with Crippen molar-refractivity contribution in [3.63, 3.8) is 0 Å². The first-order valence-corrected chi connectivity index (χ1v) is 15.3. The van der Waals surface area contributed by atoms with Gasteiger partial charge in [0, 0.05) is 22.4 Å². The van der Waals surface area contributed by atoms with Crippen LogP contribution in [0.4, 0.5) is 0 Å². The quantitative estimate of drug-likeness (QED) is 0.272. The molecule has 0 radical (unpaired) electrons. The van der Waals surface area contributed by atoms with E-state index >= 15 is 0 Å². The van der Waals surface area contributed by atoms with E-state index in [1.165, 1.54) is 11.8 Å². The molecule has 0 heterocycles. The molecule has 0 saturated heterocycles. The summed E-state index contributed by atoms with van der Waals surface area (Å²) in [6.07, 6.45) is 7.48. The maximum Gasteiger partial charge on any atom is 0.325 e. The molecule has 1 aromatic rings. The van der Waals surface area contributed by atoms with Crippen molar-refractivity contribution in [3.8, 4) is 0 Å². The third kappa shape index (κ3) is 10.9. The Morgan fingerprint density at radius 2 is 1.58 bits per heavy atom. The fraction of sp³-hybridized carbons (Fsp3) is 0.630. The van der Waals surface area contributed by atoms with Crippen LogP contribution >= 0.6 is 27.7 Å². The SMILES string of the molecule is N[C@@H](CCC(=O)N[C@@H](CSCc1ccc(Br)cc1)C(=O)NCC(=O)OC1CCCC1)C(=O)OC1CCCC1. The molecule has 2 atom stereocenters. The van der Waals surface area contributed by atoms with Gasteiger partial charge in [-0.1, -0.05) is 28.1 Å². The number of rotatable bonds is 14. The first kappa shape index (κ1) is 30.4. The zero-order valence-electron chi connectivity index (χ0n) is 21.6. The van der Waals surface area contributed by atoms with E-state index in [2.05, 4.69) is 26.6 Å². The fourth-order valence-corrected chi connectivity index (χ4v) is 5.78. The number of nitrogens with one attached hydrogen (secondary N) is 2. The zero-order valence-corrected chi connectivity index (χ0v) is 24.0. The number of hydrogen-bond donors (Lipinski definition) is 3. The van der Waals surface area contributed by atoms with Crippen LogP contribution in [0, 0.1) is 0 Å². The van der Waals surface area contributed by atoms with E-state index in [4.69, 9.17) is 15.2 Å². The summed E-state index contributed by atoms with van der Waals surface area (Å²) in [7, 11) is 0. The minimum absolute atomic E-state index is 0.0220. The Balaban J connectivity index is 1.47. The van der Waals surface area contributed by atoms with Crippen molar-refractivity contribution < 1.29 is 28.7 Å². The zero-order chi connectivity index (χ0) is 27.3. The Morgan fingerprint density at radius 1 is 0.974 bits per heavy atom. The molecule has 9 nitrogen and oxygen atoms in total. The number of benzene rings is 1. The highest BCUT2D eigenvalue weighted by molar-refractivity contribution is 9.10. The van der Waals surface area contributed by atoms with Crippen molar-refractivity contribution in [3.05, 3.63) is 34.3 Å². The highest BCUT2D eigenvalue weighted by atomic mass is 79.9. The second kappa shape index (κ2) is 16.1. The number of carbonyl (C=O) groups is 4. The van der Waals surface area contributed by atoms with Crippen LogP contribution in [-0.2, 0) is 34.4 Å². The molecule has 1 aromatic carbocycles. The Morgan fingerprint density at radius 3 is 2.21 bits per heavy atom. The Bertz CT molecular complexity index is 935. The van der Waals surface area contributed by atoms with Gasteiger partial charge in [-0.25, -0.2) is 0 Å². The number of amides is 2. The average Bonchev–Trinajstić information content (AvgIpc) is 3.61. The Hall–Kier alpha value is -2.11. The number of ether oxygens (including phenoxy) is 2. The number of carbonyl (C=O) groups excluding carboxylic acids is 4. The number of halogens is 1. The molecule has 0 unspecified atom stereocenters. The third-order valence-corrected chi connectivity index (χ3v) is 8.33. The van der Waals surface area contributed by atoms with E-state index in [0.29, 0.717) is 11.5 Å². The molecule has 210 valence electrons. The van der Waals surface area contributed by atoms with Crippen LogP contribution < -0.4 is 16.4 Å². The van der Waals surface area contributed by atoms with Gasteiger partial charge in [0.1, 0.15) is 30.8 Å². The Kier molecular flexibility index (Phi) is 12.9. The highest BCUT2D eigenvalue weighted by Crippen LogP contribution is 2.22. The van der Waals surface area contributed by atoms with Crippen molar-refractivity contribution in [2.24, 2.45) is 5.73 Å². The van der Waals surface area contributed by atoms with Crippen LogP contribution in [0.1, 0.15) is 69.8 Å². The van der Waals surface area contributed by atoms with Gasteiger partial charge in [-0.2, -0.15) is 11.8 Å². The minimum atomic E-state index is -0.897. The lowest BCUT2D eigenvalue weighted by Crippen LogP contribution is -2.49. The smallest absolute Gasteiger partial charge is 0.325 e. The maximum atomic E-state index is 12.9. The minimum Gasteiger partial charge on any atom is -0.461 e. The molecule has 38 heavy (non-hydrogen) atoms.